The van der Waals surface area contributed by atoms with Crippen LogP contribution < -0.4 is 11.3 Å². The van der Waals surface area contributed by atoms with Gasteiger partial charge in [-0.05, 0) is 19.3 Å². The van der Waals surface area contributed by atoms with Gasteiger partial charge in [0, 0.05) is 13.2 Å². The molecular weight excluding hydrogens is 116 g/mol. The van der Waals surface area contributed by atoms with Crippen LogP contribution in [0.25, 0.3) is 0 Å². The van der Waals surface area contributed by atoms with E-state index in [9.17, 15) is 0 Å². The largest absolute Gasteiger partial charge is 0.377 e. The number of hydrogen-bond acceptors (Lipinski definition) is 3. The zero-order chi connectivity index (χ0) is 6.53. The first-order chi connectivity index (χ1) is 4.43. The molecule has 1 fully saturated rings. The molecule has 0 aliphatic carbocycles. The minimum absolute atomic E-state index is 0.365. The van der Waals surface area contributed by atoms with Crippen molar-refractivity contribution >= 4 is 0 Å². The first-order valence-electron chi connectivity index (χ1n) is 3.48. The van der Waals surface area contributed by atoms with E-state index in [1.165, 1.54) is 12.8 Å². The molecule has 0 bridgehead atoms. The Labute approximate surface area is 55.5 Å². The van der Waals surface area contributed by atoms with Gasteiger partial charge in [0.25, 0.3) is 0 Å². The van der Waals surface area contributed by atoms with Crippen LogP contribution in [0.2, 0.25) is 0 Å². The molecule has 1 atom stereocenters. The second-order valence-corrected chi connectivity index (χ2v) is 2.40. The van der Waals surface area contributed by atoms with Gasteiger partial charge in [0.15, 0.2) is 0 Å². The molecule has 1 saturated heterocycles. The summed E-state index contributed by atoms with van der Waals surface area (Å²) in [5.74, 6) is 5.13. The SMILES string of the molecule is NNCC1CCCCO1. The third kappa shape index (κ3) is 2.30. The van der Waals surface area contributed by atoms with Gasteiger partial charge in [-0.3, -0.25) is 11.3 Å². The summed E-state index contributed by atoms with van der Waals surface area (Å²) in [5, 5.41) is 0. The van der Waals surface area contributed by atoms with Crippen LogP contribution in [0, 0.1) is 0 Å². The van der Waals surface area contributed by atoms with E-state index in [0.29, 0.717) is 6.10 Å². The van der Waals surface area contributed by atoms with Crippen LogP contribution in [-0.4, -0.2) is 19.3 Å². The summed E-state index contributed by atoms with van der Waals surface area (Å²) in [7, 11) is 0. The molecule has 1 rings (SSSR count). The third-order valence-electron chi connectivity index (χ3n) is 1.62. The van der Waals surface area contributed by atoms with E-state index in [2.05, 4.69) is 5.43 Å². The molecule has 54 valence electrons. The zero-order valence-electron chi connectivity index (χ0n) is 5.60. The molecule has 1 aliphatic rings. The van der Waals surface area contributed by atoms with Gasteiger partial charge in [-0.15, -0.1) is 0 Å². The highest BCUT2D eigenvalue weighted by Gasteiger charge is 2.11. The maximum atomic E-state index is 5.38. The molecule has 3 N–H and O–H groups in total. The molecule has 0 spiro atoms. The summed E-state index contributed by atoms with van der Waals surface area (Å²) in [5.41, 5.74) is 2.61. The first-order valence-corrected chi connectivity index (χ1v) is 3.48. The summed E-state index contributed by atoms with van der Waals surface area (Å²) in [4.78, 5) is 0. The Hall–Kier alpha value is -0.120. The number of nitrogens with two attached hydrogens (primary N) is 1. The van der Waals surface area contributed by atoms with Gasteiger partial charge < -0.3 is 4.74 Å². The van der Waals surface area contributed by atoms with E-state index in [-0.39, 0.29) is 0 Å². The second-order valence-electron chi connectivity index (χ2n) is 2.40. The van der Waals surface area contributed by atoms with Crippen LogP contribution >= 0.6 is 0 Å². The second kappa shape index (κ2) is 3.82. The van der Waals surface area contributed by atoms with Gasteiger partial charge in [-0.1, -0.05) is 0 Å². The lowest BCUT2D eigenvalue weighted by atomic mass is 10.1. The lowest BCUT2D eigenvalue weighted by Crippen LogP contribution is -2.35. The predicted molar refractivity (Wildman–Crippen MR) is 35.8 cm³/mol. The Balaban J connectivity index is 2.08. The molecule has 9 heavy (non-hydrogen) atoms. The fourth-order valence-electron chi connectivity index (χ4n) is 1.10. The Kier molecular flexibility index (Phi) is 2.97. The topological polar surface area (TPSA) is 47.3 Å². The van der Waals surface area contributed by atoms with Crippen LogP contribution in [0.4, 0.5) is 0 Å². The summed E-state index contributed by atoms with van der Waals surface area (Å²) < 4.78 is 5.38. The molecule has 1 unspecified atom stereocenters. The summed E-state index contributed by atoms with van der Waals surface area (Å²) in [6.07, 6.45) is 4.01. The highest BCUT2D eigenvalue weighted by Crippen LogP contribution is 2.10. The number of rotatable bonds is 2. The fourth-order valence-corrected chi connectivity index (χ4v) is 1.10. The first kappa shape index (κ1) is 6.99. The molecule has 3 heteroatoms. The van der Waals surface area contributed by atoms with E-state index < -0.39 is 0 Å². The van der Waals surface area contributed by atoms with E-state index >= 15 is 0 Å². The van der Waals surface area contributed by atoms with Crippen molar-refractivity contribution in [3.63, 3.8) is 0 Å². The number of ether oxygens (including phenoxy) is 1. The molecule has 1 heterocycles. The number of nitrogens with one attached hydrogen (secondary N) is 1. The molecule has 0 amide bonds. The standard InChI is InChI=1S/C6H14N2O/c7-8-5-6-3-1-2-4-9-6/h6,8H,1-5,7H2. The average molecular weight is 130 g/mol. The zero-order valence-corrected chi connectivity index (χ0v) is 5.60. The average Bonchev–Trinajstić information content (AvgIpc) is 1.91. The van der Waals surface area contributed by atoms with Crippen LogP contribution in [0.15, 0.2) is 0 Å². The quantitative estimate of drug-likeness (QED) is 0.409. The lowest BCUT2D eigenvalue weighted by Gasteiger charge is -2.21. The van der Waals surface area contributed by atoms with Crippen molar-refractivity contribution in [1.82, 2.24) is 5.43 Å². The summed E-state index contributed by atoms with van der Waals surface area (Å²) >= 11 is 0. The van der Waals surface area contributed by atoms with E-state index in [0.717, 1.165) is 19.6 Å². The Morgan fingerprint density at radius 2 is 2.44 bits per heavy atom. The van der Waals surface area contributed by atoms with Crippen LogP contribution in [0.1, 0.15) is 19.3 Å². The van der Waals surface area contributed by atoms with Gasteiger partial charge in [-0.2, -0.15) is 0 Å². The van der Waals surface area contributed by atoms with Crippen LogP contribution in [0.5, 0.6) is 0 Å². The highest BCUT2D eigenvalue weighted by molar-refractivity contribution is 4.63. The van der Waals surface area contributed by atoms with Gasteiger partial charge in [0.1, 0.15) is 0 Å². The van der Waals surface area contributed by atoms with Crippen molar-refractivity contribution in [1.29, 1.82) is 0 Å². The number of hydrazine groups is 1. The number of hydrogen-bond donors (Lipinski definition) is 2. The summed E-state index contributed by atoms with van der Waals surface area (Å²) in [6, 6.07) is 0. The van der Waals surface area contributed by atoms with Gasteiger partial charge in [-0.25, -0.2) is 0 Å². The van der Waals surface area contributed by atoms with Crippen molar-refractivity contribution in [3.05, 3.63) is 0 Å². The minimum Gasteiger partial charge on any atom is -0.377 e. The maximum absolute atomic E-state index is 5.38. The molecule has 0 aromatic carbocycles. The van der Waals surface area contributed by atoms with E-state index in [1.54, 1.807) is 0 Å². The Morgan fingerprint density at radius 3 is 3.00 bits per heavy atom. The smallest absolute Gasteiger partial charge is 0.0713 e. The molecule has 0 aromatic rings. The monoisotopic (exact) mass is 130 g/mol. The van der Waals surface area contributed by atoms with Crippen molar-refractivity contribution in [2.45, 2.75) is 25.4 Å². The van der Waals surface area contributed by atoms with Crippen molar-refractivity contribution in [2.24, 2.45) is 5.84 Å². The van der Waals surface area contributed by atoms with Crippen molar-refractivity contribution in [3.8, 4) is 0 Å². The van der Waals surface area contributed by atoms with Gasteiger partial charge >= 0.3 is 0 Å². The van der Waals surface area contributed by atoms with Gasteiger partial charge in [0.2, 0.25) is 0 Å². The minimum atomic E-state index is 0.365. The fraction of sp³-hybridized carbons (Fsp3) is 1.00. The molecule has 0 saturated carbocycles. The third-order valence-corrected chi connectivity index (χ3v) is 1.62. The summed E-state index contributed by atoms with van der Waals surface area (Å²) in [6.45, 7) is 1.70. The predicted octanol–water partition coefficient (Wildman–Crippen LogP) is 0.0188. The van der Waals surface area contributed by atoms with E-state index in [1.807, 2.05) is 0 Å². The normalized spacial score (nSPS) is 28.3. The van der Waals surface area contributed by atoms with E-state index in [4.69, 9.17) is 10.6 Å². The molecule has 1 aliphatic heterocycles. The molecule has 0 radical (unpaired) electrons. The highest BCUT2D eigenvalue weighted by atomic mass is 16.5. The molecule has 3 nitrogen and oxygen atoms in total. The Bertz CT molecular complexity index is 68.7. The molecule has 0 aromatic heterocycles. The Morgan fingerprint density at radius 1 is 1.56 bits per heavy atom. The van der Waals surface area contributed by atoms with Crippen molar-refractivity contribution < 1.29 is 4.74 Å². The maximum Gasteiger partial charge on any atom is 0.0713 e. The lowest BCUT2D eigenvalue weighted by molar-refractivity contribution is 0.0171. The molecular formula is C6H14N2O. The van der Waals surface area contributed by atoms with Crippen LogP contribution in [0.3, 0.4) is 0 Å². The van der Waals surface area contributed by atoms with Crippen LogP contribution in [-0.2, 0) is 4.74 Å². The van der Waals surface area contributed by atoms with Crippen molar-refractivity contribution in [2.75, 3.05) is 13.2 Å². The van der Waals surface area contributed by atoms with Gasteiger partial charge in [0.05, 0.1) is 6.10 Å².